The number of rotatable bonds is 4. The quantitative estimate of drug-likeness (QED) is 0.755. The Hall–Kier alpha value is -2.51. The molecule has 0 saturated heterocycles. The molecule has 1 atom stereocenters. The van der Waals surface area contributed by atoms with Crippen molar-refractivity contribution in [3.63, 3.8) is 0 Å². The van der Waals surface area contributed by atoms with E-state index in [4.69, 9.17) is 0 Å². The molecule has 0 spiro atoms. The fourth-order valence-electron chi connectivity index (χ4n) is 2.35. The number of pyridine rings is 1. The van der Waals surface area contributed by atoms with Crippen LogP contribution in [0.15, 0.2) is 46.1 Å². The van der Waals surface area contributed by atoms with Gasteiger partial charge >= 0.3 is 0 Å². The first kappa shape index (κ1) is 16.4. The van der Waals surface area contributed by atoms with Crippen molar-refractivity contribution in [2.24, 2.45) is 0 Å². The summed E-state index contributed by atoms with van der Waals surface area (Å²) in [6.45, 7) is 3.52. The Labute approximate surface area is 142 Å². The predicted molar refractivity (Wildman–Crippen MR) is 92.4 cm³/mol. The van der Waals surface area contributed by atoms with E-state index in [1.54, 1.807) is 31.3 Å². The Morgan fingerprint density at radius 1 is 1.46 bits per heavy atom. The van der Waals surface area contributed by atoms with E-state index < -0.39 is 17.1 Å². The van der Waals surface area contributed by atoms with Crippen LogP contribution in [0.25, 0.3) is 5.65 Å². The number of aryl methyl sites for hydroxylation is 1. The molecule has 3 rings (SSSR count). The molecule has 1 amide bonds. The fraction of sp³-hybridized carbons (Fsp3) is 0.235. The third-order valence-electron chi connectivity index (χ3n) is 3.85. The van der Waals surface area contributed by atoms with Crippen LogP contribution in [0.5, 0.6) is 0 Å². The van der Waals surface area contributed by atoms with Gasteiger partial charge in [-0.2, -0.15) is 11.3 Å². The highest BCUT2D eigenvalue weighted by Gasteiger charge is 2.25. The van der Waals surface area contributed by atoms with Crippen molar-refractivity contribution in [1.82, 2.24) is 14.7 Å². The topological polar surface area (TPSA) is 83.7 Å². The van der Waals surface area contributed by atoms with E-state index in [-0.39, 0.29) is 12.1 Å². The van der Waals surface area contributed by atoms with Gasteiger partial charge in [-0.15, -0.1) is 0 Å². The lowest BCUT2D eigenvalue weighted by Crippen LogP contribution is -2.40. The third kappa shape index (κ3) is 3.08. The summed E-state index contributed by atoms with van der Waals surface area (Å²) >= 11 is 1.47. The van der Waals surface area contributed by atoms with Crippen LogP contribution in [-0.2, 0) is 5.60 Å². The largest absolute Gasteiger partial charge is 0.384 e. The van der Waals surface area contributed by atoms with E-state index in [2.05, 4.69) is 10.3 Å². The molecule has 6 nitrogen and oxygen atoms in total. The van der Waals surface area contributed by atoms with Gasteiger partial charge in [0, 0.05) is 12.4 Å². The van der Waals surface area contributed by atoms with Crippen LogP contribution in [0, 0.1) is 6.92 Å². The molecule has 0 radical (unpaired) electrons. The number of carbonyl (C=O) groups excluding carboxylic acids is 1. The van der Waals surface area contributed by atoms with Crippen LogP contribution < -0.4 is 10.9 Å². The monoisotopic (exact) mass is 343 g/mol. The first-order valence-electron chi connectivity index (χ1n) is 7.40. The summed E-state index contributed by atoms with van der Waals surface area (Å²) < 4.78 is 1.33. The summed E-state index contributed by atoms with van der Waals surface area (Å²) in [5, 5.41) is 16.7. The normalized spacial score (nSPS) is 13.6. The van der Waals surface area contributed by atoms with Crippen LogP contribution in [0.1, 0.15) is 28.4 Å². The number of fused-ring (bicyclic) bond motifs is 1. The number of nitrogens with zero attached hydrogens (tertiary/aromatic N) is 2. The lowest BCUT2D eigenvalue weighted by Gasteiger charge is -2.22. The highest BCUT2D eigenvalue weighted by molar-refractivity contribution is 7.08. The molecule has 7 heteroatoms. The first-order chi connectivity index (χ1) is 11.4. The van der Waals surface area contributed by atoms with Gasteiger partial charge in [0.15, 0.2) is 0 Å². The number of amides is 1. The lowest BCUT2D eigenvalue weighted by molar-refractivity contribution is 0.0529. The summed E-state index contributed by atoms with van der Waals surface area (Å²) in [6, 6.07) is 5.34. The highest BCUT2D eigenvalue weighted by atomic mass is 32.1. The van der Waals surface area contributed by atoms with Crippen LogP contribution in [0.2, 0.25) is 0 Å². The third-order valence-corrected chi connectivity index (χ3v) is 4.53. The molecule has 0 aliphatic rings. The van der Waals surface area contributed by atoms with Crippen molar-refractivity contribution in [1.29, 1.82) is 0 Å². The SMILES string of the molecule is Cc1ccn2c(=O)c(C(=O)NCC(C)(O)c3ccsc3)cnc2c1. The van der Waals surface area contributed by atoms with Gasteiger partial charge in [0.25, 0.3) is 11.5 Å². The number of hydrogen-bond donors (Lipinski definition) is 2. The number of nitrogens with one attached hydrogen (secondary N) is 1. The molecule has 0 aliphatic heterocycles. The van der Waals surface area contributed by atoms with Crippen molar-refractivity contribution in [2.75, 3.05) is 6.54 Å². The van der Waals surface area contributed by atoms with Gasteiger partial charge in [-0.1, -0.05) is 0 Å². The smallest absolute Gasteiger partial charge is 0.270 e. The van der Waals surface area contributed by atoms with Gasteiger partial charge in [-0.25, -0.2) is 4.98 Å². The standard InChI is InChI=1S/C17H17N3O3S/c1-11-3-5-20-14(7-11)18-8-13(16(20)22)15(21)19-10-17(2,23)12-4-6-24-9-12/h3-9,23H,10H2,1-2H3,(H,19,21). The number of carbonyl (C=O) groups is 1. The van der Waals surface area contributed by atoms with Crippen LogP contribution in [-0.4, -0.2) is 26.9 Å². The zero-order valence-electron chi connectivity index (χ0n) is 13.3. The van der Waals surface area contributed by atoms with Crippen molar-refractivity contribution in [2.45, 2.75) is 19.4 Å². The minimum Gasteiger partial charge on any atom is -0.384 e. The molecule has 3 aromatic rings. The number of aromatic nitrogens is 2. The van der Waals surface area contributed by atoms with Gasteiger partial charge in [0.1, 0.15) is 16.8 Å². The maximum atomic E-state index is 12.4. The van der Waals surface area contributed by atoms with E-state index in [0.717, 1.165) is 11.1 Å². The number of thiophene rings is 1. The van der Waals surface area contributed by atoms with E-state index in [9.17, 15) is 14.7 Å². The highest BCUT2D eigenvalue weighted by Crippen LogP contribution is 2.22. The molecule has 0 aromatic carbocycles. The maximum absolute atomic E-state index is 12.4. The summed E-state index contributed by atoms with van der Waals surface area (Å²) in [4.78, 5) is 28.9. The van der Waals surface area contributed by atoms with Gasteiger partial charge in [0.2, 0.25) is 0 Å². The molecular formula is C17H17N3O3S. The van der Waals surface area contributed by atoms with Gasteiger partial charge in [-0.05, 0) is 53.9 Å². The molecule has 0 fully saturated rings. The molecule has 2 N–H and O–H groups in total. The molecular weight excluding hydrogens is 326 g/mol. The molecule has 0 saturated carbocycles. The number of aliphatic hydroxyl groups is 1. The summed E-state index contributed by atoms with van der Waals surface area (Å²) in [7, 11) is 0. The van der Waals surface area contributed by atoms with Gasteiger partial charge < -0.3 is 10.4 Å². The van der Waals surface area contributed by atoms with Crippen LogP contribution in [0.4, 0.5) is 0 Å². The van der Waals surface area contributed by atoms with Crippen molar-refractivity contribution >= 4 is 22.9 Å². The van der Waals surface area contributed by atoms with Gasteiger partial charge in [-0.3, -0.25) is 14.0 Å². The Bertz CT molecular complexity index is 945. The Balaban J connectivity index is 1.83. The van der Waals surface area contributed by atoms with Crippen LogP contribution in [0.3, 0.4) is 0 Å². The van der Waals surface area contributed by atoms with Gasteiger partial charge in [0.05, 0.1) is 6.54 Å². The summed E-state index contributed by atoms with van der Waals surface area (Å²) in [6.07, 6.45) is 2.87. The second-order valence-electron chi connectivity index (χ2n) is 5.88. The second kappa shape index (κ2) is 6.18. The maximum Gasteiger partial charge on any atom is 0.270 e. The molecule has 1 unspecified atom stereocenters. The van der Waals surface area contributed by atoms with E-state index in [0.29, 0.717) is 5.65 Å². The minimum atomic E-state index is -1.20. The minimum absolute atomic E-state index is 0.00138. The molecule has 0 aliphatic carbocycles. The first-order valence-corrected chi connectivity index (χ1v) is 8.34. The zero-order chi connectivity index (χ0) is 17.3. The van der Waals surface area contributed by atoms with Crippen LogP contribution >= 0.6 is 11.3 Å². The number of hydrogen-bond acceptors (Lipinski definition) is 5. The average Bonchev–Trinajstić information content (AvgIpc) is 3.08. The Kier molecular flexibility index (Phi) is 4.21. The Morgan fingerprint density at radius 2 is 2.25 bits per heavy atom. The predicted octanol–water partition coefficient (Wildman–Crippen LogP) is 1.70. The molecule has 124 valence electrons. The Morgan fingerprint density at radius 3 is 2.96 bits per heavy atom. The fourth-order valence-corrected chi connectivity index (χ4v) is 3.14. The molecule has 24 heavy (non-hydrogen) atoms. The van der Waals surface area contributed by atoms with Crippen molar-refractivity contribution in [3.05, 3.63) is 68.4 Å². The summed E-state index contributed by atoms with van der Waals surface area (Å²) in [5.74, 6) is -0.557. The molecule has 0 bridgehead atoms. The van der Waals surface area contributed by atoms with Crippen molar-refractivity contribution < 1.29 is 9.90 Å². The second-order valence-corrected chi connectivity index (χ2v) is 6.66. The molecule has 3 aromatic heterocycles. The van der Waals surface area contributed by atoms with E-state index >= 15 is 0 Å². The van der Waals surface area contributed by atoms with E-state index in [1.165, 1.54) is 21.9 Å². The van der Waals surface area contributed by atoms with Crippen molar-refractivity contribution in [3.8, 4) is 0 Å². The lowest BCUT2D eigenvalue weighted by atomic mass is 9.99. The average molecular weight is 343 g/mol. The summed E-state index contributed by atoms with van der Waals surface area (Å²) in [5.41, 5.74) is 0.488. The zero-order valence-corrected chi connectivity index (χ0v) is 14.1. The van der Waals surface area contributed by atoms with E-state index in [1.807, 2.05) is 17.7 Å². The molecule has 3 heterocycles.